The van der Waals surface area contributed by atoms with E-state index < -0.39 is 29.7 Å². The van der Waals surface area contributed by atoms with Crippen LogP contribution >= 0.6 is 11.6 Å². The Balaban J connectivity index is 2.09. The Labute approximate surface area is 166 Å². The van der Waals surface area contributed by atoms with Gasteiger partial charge in [-0.2, -0.15) is 13.2 Å². The van der Waals surface area contributed by atoms with Gasteiger partial charge in [0.15, 0.2) is 0 Å². The number of amides is 2. The van der Waals surface area contributed by atoms with Gasteiger partial charge in [-0.25, -0.2) is 0 Å². The van der Waals surface area contributed by atoms with Gasteiger partial charge in [0.2, 0.25) is 11.8 Å². The van der Waals surface area contributed by atoms with Gasteiger partial charge in [-0.3, -0.25) is 9.59 Å². The van der Waals surface area contributed by atoms with Crippen LogP contribution < -0.4 is 10.6 Å². The molecule has 0 spiro atoms. The molecule has 150 valence electrons. The zero-order valence-electron chi connectivity index (χ0n) is 15.3. The van der Waals surface area contributed by atoms with Crippen molar-refractivity contribution in [3.05, 3.63) is 70.2 Å². The minimum Gasteiger partial charge on any atom is -0.350 e. The van der Waals surface area contributed by atoms with E-state index in [1.54, 1.807) is 31.2 Å². The molecule has 0 aliphatic rings. The minimum absolute atomic E-state index is 0.0650. The fraction of sp³-hybridized carbons (Fsp3) is 0.300. The first-order chi connectivity index (χ1) is 13.1. The first-order valence-corrected chi connectivity index (χ1v) is 8.93. The predicted octanol–water partition coefficient (Wildman–Crippen LogP) is 4.80. The summed E-state index contributed by atoms with van der Waals surface area (Å²) in [7, 11) is 0. The Morgan fingerprint density at radius 3 is 2.25 bits per heavy atom. The fourth-order valence-corrected chi connectivity index (χ4v) is 2.87. The normalized spacial score (nSPS) is 13.5. The van der Waals surface area contributed by atoms with Gasteiger partial charge < -0.3 is 10.6 Å². The smallest absolute Gasteiger partial charge is 0.350 e. The third kappa shape index (κ3) is 6.27. The molecule has 8 heteroatoms. The molecule has 2 aromatic rings. The van der Waals surface area contributed by atoms with Gasteiger partial charge in [0.1, 0.15) is 0 Å². The summed E-state index contributed by atoms with van der Waals surface area (Å²) in [6.45, 7) is 2.94. The number of halogens is 4. The molecule has 0 saturated carbocycles. The lowest BCUT2D eigenvalue weighted by Gasteiger charge is -2.21. The topological polar surface area (TPSA) is 58.2 Å². The molecule has 2 aromatic carbocycles. The number of carbonyl (C=O) groups excluding carboxylic acids is 2. The van der Waals surface area contributed by atoms with Crippen LogP contribution in [0.3, 0.4) is 0 Å². The Morgan fingerprint density at radius 2 is 1.68 bits per heavy atom. The molecule has 0 aliphatic heterocycles. The van der Waals surface area contributed by atoms with Crippen LogP contribution in [0.1, 0.15) is 49.0 Å². The summed E-state index contributed by atoms with van der Waals surface area (Å²) >= 11 is 5.86. The first kappa shape index (κ1) is 21.8. The summed E-state index contributed by atoms with van der Waals surface area (Å²) in [6.07, 6.45) is -4.52. The molecule has 2 amide bonds. The average Bonchev–Trinajstić information content (AvgIpc) is 2.60. The van der Waals surface area contributed by atoms with Gasteiger partial charge in [-0.1, -0.05) is 35.9 Å². The van der Waals surface area contributed by atoms with Crippen molar-refractivity contribution in [2.24, 2.45) is 0 Å². The van der Waals surface area contributed by atoms with E-state index in [0.717, 1.165) is 12.1 Å². The molecule has 28 heavy (non-hydrogen) atoms. The lowest BCUT2D eigenvalue weighted by atomic mass is 10.0. The lowest BCUT2D eigenvalue weighted by molar-refractivity contribution is -0.137. The summed E-state index contributed by atoms with van der Waals surface area (Å²) in [4.78, 5) is 23.9. The van der Waals surface area contributed by atoms with Gasteiger partial charge in [0, 0.05) is 11.9 Å². The summed E-state index contributed by atoms with van der Waals surface area (Å²) in [5, 5.41) is 5.89. The van der Waals surface area contributed by atoms with Crippen molar-refractivity contribution in [2.45, 2.75) is 38.5 Å². The summed E-state index contributed by atoms with van der Waals surface area (Å²) in [5.74, 6) is -0.711. The molecular formula is C20H20ClF3N2O2. The third-order valence-corrected chi connectivity index (χ3v) is 4.38. The number of hydrogen-bond acceptors (Lipinski definition) is 2. The largest absolute Gasteiger partial charge is 0.416 e. The first-order valence-electron chi connectivity index (χ1n) is 8.55. The number of alkyl halides is 3. The molecule has 4 nitrogen and oxygen atoms in total. The SMILES string of the molecule is CC(=O)NC(CC(=O)NC(C)c1cccc(C(F)(F)F)c1)c1ccc(Cl)cc1. The molecule has 0 radical (unpaired) electrons. The van der Waals surface area contributed by atoms with Crippen LogP contribution in [0.4, 0.5) is 13.2 Å². The average molecular weight is 413 g/mol. The van der Waals surface area contributed by atoms with Crippen molar-refractivity contribution < 1.29 is 22.8 Å². The van der Waals surface area contributed by atoms with Gasteiger partial charge in [0.25, 0.3) is 0 Å². The van der Waals surface area contributed by atoms with Gasteiger partial charge in [0.05, 0.1) is 24.1 Å². The Morgan fingerprint density at radius 1 is 1.04 bits per heavy atom. The van der Waals surface area contributed by atoms with E-state index in [2.05, 4.69) is 10.6 Å². The second kappa shape index (κ2) is 9.10. The molecule has 0 aromatic heterocycles. The highest BCUT2D eigenvalue weighted by Gasteiger charge is 2.30. The predicted molar refractivity (Wildman–Crippen MR) is 101 cm³/mol. The molecule has 0 heterocycles. The van der Waals surface area contributed by atoms with Crippen LogP contribution in [-0.2, 0) is 15.8 Å². The third-order valence-electron chi connectivity index (χ3n) is 4.13. The Hall–Kier alpha value is -2.54. The molecule has 0 aliphatic carbocycles. The fourth-order valence-electron chi connectivity index (χ4n) is 2.75. The van der Waals surface area contributed by atoms with Gasteiger partial charge in [-0.05, 0) is 42.3 Å². The van der Waals surface area contributed by atoms with Crippen molar-refractivity contribution >= 4 is 23.4 Å². The van der Waals surface area contributed by atoms with E-state index in [1.807, 2.05) is 0 Å². The van der Waals surface area contributed by atoms with E-state index in [1.165, 1.54) is 19.1 Å². The van der Waals surface area contributed by atoms with Crippen LogP contribution in [-0.4, -0.2) is 11.8 Å². The van der Waals surface area contributed by atoms with E-state index in [0.29, 0.717) is 16.1 Å². The van der Waals surface area contributed by atoms with Crippen LogP contribution in [0.5, 0.6) is 0 Å². The molecule has 2 rings (SSSR count). The zero-order valence-corrected chi connectivity index (χ0v) is 16.1. The standard InChI is InChI=1S/C20H20ClF3N2O2/c1-12(15-4-3-5-16(10-15)20(22,23)24)25-19(28)11-18(26-13(2)27)14-6-8-17(21)9-7-14/h3-10,12,18H,11H2,1-2H3,(H,25,28)(H,26,27). The summed E-state index contributed by atoms with van der Waals surface area (Å²) in [5.41, 5.74) is 0.260. The summed E-state index contributed by atoms with van der Waals surface area (Å²) in [6, 6.07) is 10.3. The minimum atomic E-state index is -4.45. The molecule has 2 atom stereocenters. The molecule has 0 fully saturated rings. The monoisotopic (exact) mass is 412 g/mol. The number of hydrogen-bond donors (Lipinski definition) is 2. The maximum Gasteiger partial charge on any atom is 0.416 e. The van der Waals surface area contributed by atoms with Crippen molar-refractivity contribution in [2.75, 3.05) is 0 Å². The highest BCUT2D eigenvalue weighted by atomic mass is 35.5. The molecular weight excluding hydrogens is 393 g/mol. The molecule has 0 saturated heterocycles. The highest BCUT2D eigenvalue weighted by molar-refractivity contribution is 6.30. The van der Waals surface area contributed by atoms with E-state index in [9.17, 15) is 22.8 Å². The second-order valence-electron chi connectivity index (χ2n) is 6.42. The van der Waals surface area contributed by atoms with Crippen LogP contribution in [0.15, 0.2) is 48.5 Å². The van der Waals surface area contributed by atoms with E-state index >= 15 is 0 Å². The second-order valence-corrected chi connectivity index (χ2v) is 6.86. The highest BCUT2D eigenvalue weighted by Crippen LogP contribution is 2.30. The maximum atomic E-state index is 12.9. The van der Waals surface area contributed by atoms with Crippen LogP contribution in [0, 0.1) is 0 Å². The molecule has 0 bridgehead atoms. The van der Waals surface area contributed by atoms with Gasteiger partial charge >= 0.3 is 6.18 Å². The van der Waals surface area contributed by atoms with Crippen molar-refractivity contribution in [1.82, 2.24) is 10.6 Å². The van der Waals surface area contributed by atoms with Crippen molar-refractivity contribution in [3.63, 3.8) is 0 Å². The van der Waals surface area contributed by atoms with E-state index in [4.69, 9.17) is 11.6 Å². The quantitative estimate of drug-likeness (QED) is 0.715. The van der Waals surface area contributed by atoms with Crippen molar-refractivity contribution in [3.8, 4) is 0 Å². The maximum absolute atomic E-state index is 12.9. The Kier molecular flexibility index (Phi) is 7.07. The molecule has 2 unspecified atom stereocenters. The van der Waals surface area contributed by atoms with E-state index in [-0.39, 0.29) is 12.3 Å². The number of rotatable bonds is 6. The summed E-state index contributed by atoms with van der Waals surface area (Å²) < 4.78 is 38.6. The number of nitrogens with one attached hydrogen (secondary N) is 2. The van der Waals surface area contributed by atoms with Crippen molar-refractivity contribution in [1.29, 1.82) is 0 Å². The van der Waals surface area contributed by atoms with Gasteiger partial charge in [-0.15, -0.1) is 0 Å². The van der Waals surface area contributed by atoms with Crippen LogP contribution in [0.2, 0.25) is 5.02 Å². The Bertz CT molecular complexity index is 838. The lowest BCUT2D eigenvalue weighted by Crippen LogP contribution is -2.33. The number of carbonyl (C=O) groups is 2. The number of benzene rings is 2. The van der Waals surface area contributed by atoms with Crippen LogP contribution in [0.25, 0.3) is 0 Å². The molecule has 2 N–H and O–H groups in total. The zero-order chi connectivity index (χ0) is 20.9.